The van der Waals surface area contributed by atoms with Crippen molar-refractivity contribution in [1.29, 1.82) is 0 Å². The van der Waals surface area contributed by atoms with Crippen molar-refractivity contribution in [3.8, 4) is 0 Å². The largest absolute Gasteiger partial charge is 0.465 e. The zero-order valence-corrected chi connectivity index (χ0v) is 14.5. The second kappa shape index (κ2) is 8.56. The third-order valence-corrected chi connectivity index (χ3v) is 3.55. The number of non-ortho nitro benzene ring substituents is 1. The molecule has 2 aromatic rings. The van der Waals surface area contributed by atoms with Crippen LogP contribution in [0, 0.1) is 10.1 Å². The van der Waals surface area contributed by atoms with Gasteiger partial charge >= 0.3 is 11.9 Å². The molecule has 0 aliphatic rings. The summed E-state index contributed by atoms with van der Waals surface area (Å²) in [6.07, 6.45) is -1.17. The number of rotatable bonds is 6. The average Bonchev–Trinajstić information content (AvgIpc) is 2.67. The highest BCUT2D eigenvalue weighted by atomic mass is 16.6. The molecule has 1 atom stereocenters. The first kappa shape index (κ1) is 19.6. The predicted molar refractivity (Wildman–Crippen MR) is 94.4 cm³/mol. The number of nitro groups is 1. The van der Waals surface area contributed by atoms with Gasteiger partial charge in [-0.3, -0.25) is 14.9 Å². The molecule has 0 bridgehead atoms. The molecule has 2 aromatic carbocycles. The number of hydrogen-bond acceptors (Lipinski definition) is 7. The Bertz CT molecular complexity index is 878. The summed E-state index contributed by atoms with van der Waals surface area (Å²) >= 11 is 0. The molecule has 1 unspecified atom stereocenters. The molecule has 0 aromatic heterocycles. The lowest BCUT2D eigenvalue weighted by atomic mass is 10.1. The van der Waals surface area contributed by atoms with Crippen LogP contribution in [0.2, 0.25) is 0 Å². The summed E-state index contributed by atoms with van der Waals surface area (Å²) < 4.78 is 9.71. The molecule has 0 heterocycles. The van der Waals surface area contributed by atoms with E-state index >= 15 is 0 Å². The van der Waals surface area contributed by atoms with Crippen molar-refractivity contribution in [1.82, 2.24) is 0 Å². The van der Waals surface area contributed by atoms with Crippen LogP contribution in [0.4, 0.5) is 11.4 Å². The number of amides is 1. The van der Waals surface area contributed by atoms with Crippen LogP contribution in [0.5, 0.6) is 0 Å². The molecule has 0 spiro atoms. The summed E-state index contributed by atoms with van der Waals surface area (Å²) in [6, 6.07) is 11.1. The van der Waals surface area contributed by atoms with E-state index in [0.29, 0.717) is 5.69 Å². The van der Waals surface area contributed by atoms with Crippen LogP contribution in [0.25, 0.3) is 0 Å². The van der Waals surface area contributed by atoms with E-state index in [1.165, 1.54) is 50.4 Å². The number of anilines is 1. The van der Waals surface area contributed by atoms with E-state index < -0.39 is 28.9 Å². The zero-order chi connectivity index (χ0) is 20.0. The standard InChI is InChI=1S/C18H16N2O7/c1-11(16(21)19-12-7-9-13(10-8-12)20(24)25)27-18(23)15-6-4-3-5-14(15)17(22)26-2/h3-11H,1-2H3,(H,19,21). The number of ether oxygens (including phenoxy) is 2. The summed E-state index contributed by atoms with van der Waals surface area (Å²) in [6.45, 7) is 1.36. The minimum Gasteiger partial charge on any atom is -0.465 e. The number of carbonyl (C=O) groups excluding carboxylic acids is 3. The number of nitrogens with one attached hydrogen (secondary N) is 1. The van der Waals surface area contributed by atoms with E-state index in [9.17, 15) is 24.5 Å². The molecule has 1 N–H and O–H groups in total. The van der Waals surface area contributed by atoms with E-state index in [4.69, 9.17) is 4.74 Å². The number of benzene rings is 2. The van der Waals surface area contributed by atoms with Crippen molar-refractivity contribution in [2.75, 3.05) is 12.4 Å². The maximum Gasteiger partial charge on any atom is 0.339 e. The molecule has 0 saturated carbocycles. The minimum atomic E-state index is -1.17. The van der Waals surface area contributed by atoms with Crippen molar-refractivity contribution in [2.45, 2.75) is 13.0 Å². The van der Waals surface area contributed by atoms with Crippen LogP contribution in [0.15, 0.2) is 48.5 Å². The number of methoxy groups -OCH3 is 1. The average molecular weight is 372 g/mol. The molecule has 2 rings (SSSR count). The Hall–Kier alpha value is -3.75. The minimum absolute atomic E-state index is 0.0213. The number of nitro benzene ring substituents is 1. The molecular weight excluding hydrogens is 356 g/mol. The highest BCUT2D eigenvalue weighted by Crippen LogP contribution is 2.17. The molecule has 0 aliphatic carbocycles. The molecule has 9 heteroatoms. The van der Waals surface area contributed by atoms with E-state index in [1.807, 2.05) is 0 Å². The Kier molecular flexibility index (Phi) is 6.21. The van der Waals surface area contributed by atoms with Gasteiger partial charge in [0.1, 0.15) is 0 Å². The van der Waals surface area contributed by atoms with Gasteiger partial charge in [-0.25, -0.2) is 9.59 Å². The second-order valence-electron chi connectivity index (χ2n) is 5.38. The molecule has 0 aliphatic heterocycles. The first-order chi connectivity index (χ1) is 12.8. The van der Waals surface area contributed by atoms with Crippen LogP contribution < -0.4 is 5.32 Å². The maximum atomic E-state index is 12.3. The van der Waals surface area contributed by atoms with Gasteiger partial charge in [-0.1, -0.05) is 12.1 Å². The third kappa shape index (κ3) is 4.88. The highest BCUT2D eigenvalue weighted by molar-refractivity contribution is 6.04. The first-order valence-corrected chi connectivity index (χ1v) is 7.77. The molecular formula is C18H16N2O7. The molecule has 9 nitrogen and oxygen atoms in total. The van der Waals surface area contributed by atoms with Gasteiger partial charge in [-0.05, 0) is 31.2 Å². The highest BCUT2D eigenvalue weighted by Gasteiger charge is 2.23. The summed E-state index contributed by atoms with van der Waals surface area (Å²) in [5, 5.41) is 13.1. The van der Waals surface area contributed by atoms with Crippen LogP contribution in [0.1, 0.15) is 27.6 Å². The Morgan fingerprint density at radius 1 is 1.00 bits per heavy atom. The van der Waals surface area contributed by atoms with Crippen molar-refractivity contribution < 1.29 is 28.8 Å². The number of esters is 2. The van der Waals surface area contributed by atoms with E-state index in [0.717, 1.165) is 0 Å². The van der Waals surface area contributed by atoms with Crippen molar-refractivity contribution in [3.63, 3.8) is 0 Å². The third-order valence-electron chi connectivity index (χ3n) is 3.55. The van der Waals surface area contributed by atoms with Crippen molar-refractivity contribution in [2.24, 2.45) is 0 Å². The van der Waals surface area contributed by atoms with Gasteiger partial charge in [-0.2, -0.15) is 0 Å². The lowest BCUT2D eigenvalue weighted by Crippen LogP contribution is -2.30. The van der Waals surface area contributed by atoms with Gasteiger partial charge in [0, 0.05) is 17.8 Å². The Morgan fingerprint density at radius 3 is 2.07 bits per heavy atom. The molecule has 0 saturated heterocycles. The van der Waals surface area contributed by atoms with E-state index in [1.54, 1.807) is 12.1 Å². The van der Waals surface area contributed by atoms with E-state index in [-0.39, 0.29) is 16.8 Å². The SMILES string of the molecule is COC(=O)c1ccccc1C(=O)OC(C)C(=O)Nc1ccc([N+](=O)[O-])cc1. The normalized spacial score (nSPS) is 11.2. The van der Waals surface area contributed by atoms with Crippen molar-refractivity contribution in [3.05, 3.63) is 69.8 Å². The van der Waals surface area contributed by atoms with Crippen LogP contribution in [-0.2, 0) is 14.3 Å². The number of carbonyl (C=O) groups is 3. The first-order valence-electron chi connectivity index (χ1n) is 7.77. The Morgan fingerprint density at radius 2 is 1.56 bits per heavy atom. The van der Waals surface area contributed by atoms with Gasteiger partial charge < -0.3 is 14.8 Å². The number of nitrogens with zero attached hydrogens (tertiary/aromatic N) is 1. The summed E-state index contributed by atoms with van der Waals surface area (Å²) in [5.74, 6) is -2.19. The van der Waals surface area contributed by atoms with Crippen LogP contribution in [-0.4, -0.2) is 36.0 Å². The van der Waals surface area contributed by atoms with Gasteiger partial charge in [0.2, 0.25) is 0 Å². The molecule has 0 fully saturated rings. The monoisotopic (exact) mass is 372 g/mol. The zero-order valence-electron chi connectivity index (χ0n) is 14.5. The maximum absolute atomic E-state index is 12.3. The summed E-state index contributed by atoms with van der Waals surface area (Å²) in [7, 11) is 1.19. The van der Waals surface area contributed by atoms with Gasteiger partial charge in [0.25, 0.3) is 11.6 Å². The summed E-state index contributed by atoms with van der Waals surface area (Å²) in [4.78, 5) is 46.2. The van der Waals surface area contributed by atoms with Gasteiger partial charge in [0.15, 0.2) is 6.10 Å². The second-order valence-corrected chi connectivity index (χ2v) is 5.38. The predicted octanol–water partition coefficient (Wildman–Crippen LogP) is 2.57. The fourth-order valence-corrected chi connectivity index (χ4v) is 2.14. The molecule has 27 heavy (non-hydrogen) atoms. The topological polar surface area (TPSA) is 125 Å². The Balaban J connectivity index is 2.05. The smallest absolute Gasteiger partial charge is 0.339 e. The van der Waals surface area contributed by atoms with E-state index in [2.05, 4.69) is 10.1 Å². The molecule has 1 amide bonds. The van der Waals surface area contributed by atoms with Crippen molar-refractivity contribution >= 4 is 29.2 Å². The molecule has 0 radical (unpaired) electrons. The summed E-state index contributed by atoms with van der Waals surface area (Å²) in [5.41, 5.74) is 0.183. The van der Waals surface area contributed by atoms with Gasteiger partial charge in [-0.15, -0.1) is 0 Å². The van der Waals surface area contributed by atoms with Crippen LogP contribution in [0.3, 0.4) is 0 Å². The Labute approximate surface area is 154 Å². The van der Waals surface area contributed by atoms with Gasteiger partial charge in [0.05, 0.1) is 23.2 Å². The molecule has 140 valence electrons. The quantitative estimate of drug-likeness (QED) is 0.469. The van der Waals surface area contributed by atoms with Crippen LogP contribution >= 0.6 is 0 Å². The fraction of sp³-hybridized carbons (Fsp3) is 0.167. The fourth-order valence-electron chi connectivity index (χ4n) is 2.14. The lowest BCUT2D eigenvalue weighted by molar-refractivity contribution is -0.384. The lowest BCUT2D eigenvalue weighted by Gasteiger charge is -2.14. The number of hydrogen-bond donors (Lipinski definition) is 1.